The van der Waals surface area contributed by atoms with Gasteiger partial charge in [0.05, 0.1) is 43.0 Å². The summed E-state index contributed by atoms with van der Waals surface area (Å²) in [5.41, 5.74) is 1.48. The maximum Gasteiger partial charge on any atom is 0.289 e. The van der Waals surface area contributed by atoms with Crippen LogP contribution in [0.2, 0.25) is 0 Å². The second kappa shape index (κ2) is 7.01. The third-order valence-electron chi connectivity index (χ3n) is 4.16. The Kier molecular flexibility index (Phi) is 4.40. The van der Waals surface area contributed by atoms with Crippen molar-refractivity contribution in [2.45, 2.75) is 19.1 Å². The number of aromatic nitrogens is 3. The van der Waals surface area contributed by atoms with Crippen LogP contribution in [0.3, 0.4) is 0 Å². The van der Waals surface area contributed by atoms with Crippen LogP contribution in [0.15, 0.2) is 53.5 Å². The minimum Gasteiger partial charge on any atom is -0.482 e. The zero-order valence-corrected chi connectivity index (χ0v) is 14.2. The van der Waals surface area contributed by atoms with Crippen LogP contribution in [0.4, 0.5) is 0 Å². The van der Waals surface area contributed by atoms with E-state index < -0.39 is 0 Å². The molecule has 8 heteroatoms. The predicted octanol–water partition coefficient (Wildman–Crippen LogP) is 1.74. The van der Waals surface area contributed by atoms with E-state index in [4.69, 9.17) is 13.9 Å². The molecule has 26 heavy (non-hydrogen) atoms. The van der Waals surface area contributed by atoms with Crippen molar-refractivity contribution in [3.05, 3.63) is 60.6 Å². The van der Waals surface area contributed by atoms with Gasteiger partial charge in [-0.3, -0.25) is 4.79 Å². The van der Waals surface area contributed by atoms with Gasteiger partial charge in [0.15, 0.2) is 12.1 Å². The van der Waals surface area contributed by atoms with Crippen LogP contribution < -0.4 is 10.1 Å². The van der Waals surface area contributed by atoms with Gasteiger partial charge >= 0.3 is 0 Å². The smallest absolute Gasteiger partial charge is 0.289 e. The molecule has 2 atom stereocenters. The first kappa shape index (κ1) is 16.3. The fraction of sp³-hybridized carbons (Fsp3) is 0.278. The monoisotopic (exact) mass is 354 g/mol. The molecule has 3 heterocycles. The summed E-state index contributed by atoms with van der Waals surface area (Å²) >= 11 is 0. The minimum atomic E-state index is -0.330. The number of ether oxygens (including phenoxy) is 2. The Morgan fingerprint density at radius 2 is 2.15 bits per heavy atom. The normalized spacial score (nSPS) is 19.4. The van der Waals surface area contributed by atoms with Crippen molar-refractivity contribution in [3.8, 4) is 11.4 Å². The van der Waals surface area contributed by atoms with Crippen molar-refractivity contribution < 1.29 is 18.7 Å². The molecule has 4 rings (SSSR count). The summed E-state index contributed by atoms with van der Waals surface area (Å²) in [6.07, 6.45) is 4.38. The first-order valence-electron chi connectivity index (χ1n) is 8.26. The summed E-state index contributed by atoms with van der Waals surface area (Å²) < 4.78 is 18.3. The van der Waals surface area contributed by atoms with E-state index in [0.29, 0.717) is 24.7 Å². The molecule has 1 amide bonds. The highest BCUT2D eigenvalue weighted by atomic mass is 16.5. The zero-order chi connectivity index (χ0) is 17.9. The third kappa shape index (κ3) is 3.31. The molecule has 1 aromatic carbocycles. The second-order valence-corrected chi connectivity index (χ2v) is 6.00. The van der Waals surface area contributed by atoms with E-state index in [2.05, 4.69) is 15.4 Å². The number of rotatable bonds is 5. The largest absolute Gasteiger partial charge is 0.482 e. The topological polar surface area (TPSA) is 91.4 Å². The highest BCUT2D eigenvalue weighted by molar-refractivity contribution is 5.92. The van der Waals surface area contributed by atoms with Crippen molar-refractivity contribution in [2.75, 3.05) is 13.2 Å². The van der Waals surface area contributed by atoms with E-state index in [0.717, 1.165) is 5.69 Å². The number of amides is 1. The Labute approximate surface area is 149 Å². The lowest BCUT2D eigenvalue weighted by Gasteiger charge is -2.19. The average Bonchev–Trinajstić information content (AvgIpc) is 3.38. The summed E-state index contributed by atoms with van der Waals surface area (Å²) in [7, 11) is 0. The van der Waals surface area contributed by atoms with E-state index >= 15 is 0 Å². The van der Waals surface area contributed by atoms with Gasteiger partial charge in [0.2, 0.25) is 5.76 Å². The Morgan fingerprint density at radius 1 is 1.31 bits per heavy atom. The van der Waals surface area contributed by atoms with Crippen molar-refractivity contribution in [1.29, 1.82) is 0 Å². The van der Waals surface area contributed by atoms with Gasteiger partial charge in [-0.2, -0.15) is 5.10 Å². The van der Waals surface area contributed by atoms with E-state index in [-0.39, 0.29) is 23.8 Å². The SMILES string of the molecule is Cc1ncoc1C(=O)N[C@H]1COC[C@H]1Oc1cnn(-c2ccccc2)c1. The molecule has 8 nitrogen and oxygen atoms in total. The molecule has 0 spiro atoms. The maximum atomic E-state index is 12.3. The van der Waals surface area contributed by atoms with Crippen molar-refractivity contribution >= 4 is 5.91 Å². The number of aryl methyl sites for hydroxylation is 1. The molecule has 2 aromatic heterocycles. The molecular formula is C18H18N4O4. The van der Waals surface area contributed by atoms with Crippen LogP contribution in [-0.2, 0) is 4.74 Å². The number of oxazole rings is 1. The minimum absolute atomic E-state index is 0.201. The quantitative estimate of drug-likeness (QED) is 0.750. The Bertz CT molecular complexity index is 890. The Morgan fingerprint density at radius 3 is 2.92 bits per heavy atom. The Balaban J connectivity index is 1.42. The first-order valence-corrected chi connectivity index (χ1v) is 8.26. The standard InChI is InChI=1S/C18H18N4O4/c1-12-17(25-11-19-12)18(23)21-15-9-24-10-16(15)26-14-7-20-22(8-14)13-5-3-2-4-6-13/h2-8,11,15-16H,9-10H2,1H3,(H,21,23)/t15-,16+/m0/s1. The lowest BCUT2D eigenvalue weighted by molar-refractivity contribution is 0.0875. The molecule has 1 aliphatic rings. The van der Waals surface area contributed by atoms with Crippen LogP contribution in [0.25, 0.3) is 5.69 Å². The Hall–Kier alpha value is -3.13. The fourth-order valence-electron chi connectivity index (χ4n) is 2.80. The van der Waals surface area contributed by atoms with Crippen LogP contribution in [0, 0.1) is 6.92 Å². The zero-order valence-electron chi connectivity index (χ0n) is 14.2. The van der Waals surface area contributed by atoms with Gasteiger partial charge in [0.1, 0.15) is 6.10 Å². The number of benzene rings is 1. The number of carbonyl (C=O) groups is 1. The molecule has 0 aliphatic carbocycles. The van der Waals surface area contributed by atoms with Crippen molar-refractivity contribution in [3.63, 3.8) is 0 Å². The summed E-state index contributed by atoms with van der Waals surface area (Å²) in [6, 6.07) is 9.46. The van der Waals surface area contributed by atoms with E-state index in [9.17, 15) is 4.79 Å². The molecule has 1 fully saturated rings. The average molecular weight is 354 g/mol. The van der Waals surface area contributed by atoms with Gasteiger partial charge in [-0.25, -0.2) is 9.67 Å². The summed E-state index contributed by atoms with van der Waals surface area (Å²) in [4.78, 5) is 16.2. The molecule has 1 N–H and O–H groups in total. The predicted molar refractivity (Wildman–Crippen MR) is 91.3 cm³/mol. The second-order valence-electron chi connectivity index (χ2n) is 6.00. The number of hydrogen-bond acceptors (Lipinski definition) is 6. The lowest BCUT2D eigenvalue weighted by atomic mass is 10.2. The highest BCUT2D eigenvalue weighted by Crippen LogP contribution is 2.19. The molecule has 0 bridgehead atoms. The molecule has 1 aliphatic heterocycles. The number of para-hydroxylation sites is 1. The van der Waals surface area contributed by atoms with Gasteiger partial charge in [-0.1, -0.05) is 18.2 Å². The summed E-state index contributed by atoms with van der Waals surface area (Å²) in [6.45, 7) is 2.47. The molecule has 0 unspecified atom stereocenters. The lowest BCUT2D eigenvalue weighted by Crippen LogP contribution is -2.45. The maximum absolute atomic E-state index is 12.3. The van der Waals surface area contributed by atoms with Gasteiger partial charge in [0, 0.05) is 0 Å². The highest BCUT2D eigenvalue weighted by Gasteiger charge is 2.33. The third-order valence-corrected chi connectivity index (χ3v) is 4.16. The van der Waals surface area contributed by atoms with Gasteiger partial charge in [0.25, 0.3) is 5.91 Å². The van der Waals surface area contributed by atoms with Crippen LogP contribution in [0.5, 0.6) is 5.75 Å². The number of hydrogen-bond donors (Lipinski definition) is 1. The first-order chi connectivity index (χ1) is 12.7. The molecular weight excluding hydrogens is 336 g/mol. The van der Waals surface area contributed by atoms with E-state index in [1.165, 1.54) is 6.39 Å². The van der Waals surface area contributed by atoms with Gasteiger partial charge in [-0.05, 0) is 19.1 Å². The van der Waals surface area contributed by atoms with Gasteiger partial charge in [-0.15, -0.1) is 0 Å². The van der Waals surface area contributed by atoms with Crippen molar-refractivity contribution in [1.82, 2.24) is 20.1 Å². The number of nitrogens with one attached hydrogen (secondary N) is 1. The van der Waals surface area contributed by atoms with E-state index in [1.54, 1.807) is 24.0 Å². The molecule has 0 radical (unpaired) electrons. The summed E-state index contributed by atoms with van der Waals surface area (Å²) in [5.74, 6) is 0.482. The van der Waals surface area contributed by atoms with Gasteiger partial charge < -0.3 is 19.2 Å². The molecule has 3 aromatic rings. The van der Waals surface area contributed by atoms with Crippen LogP contribution >= 0.6 is 0 Å². The summed E-state index contributed by atoms with van der Waals surface area (Å²) in [5, 5.41) is 7.19. The number of nitrogens with zero attached hydrogens (tertiary/aromatic N) is 3. The number of carbonyl (C=O) groups excluding carboxylic acids is 1. The molecule has 134 valence electrons. The van der Waals surface area contributed by atoms with Crippen LogP contribution in [-0.4, -0.2) is 46.0 Å². The van der Waals surface area contributed by atoms with Crippen molar-refractivity contribution in [2.24, 2.45) is 0 Å². The molecule has 1 saturated heterocycles. The van der Waals surface area contributed by atoms with Crippen LogP contribution in [0.1, 0.15) is 16.2 Å². The molecule has 0 saturated carbocycles. The fourth-order valence-corrected chi connectivity index (χ4v) is 2.80. The van der Waals surface area contributed by atoms with E-state index in [1.807, 2.05) is 30.3 Å².